The van der Waals surface area contributed by atoms with Crippen molar-refractivity contribution in [2.24, 2.45) is 0 Å². The van der Waals surface area contributed by atoms with Gasteiger partial charge in [-0.15, -0.1) is 0 Å². The average Bonchev–Trinajstić information content (AvgIpc) is 2.26. The molecular formula is C12H18BrNO2. The molecule has 0 radical (unpaired) electrons. The number of halogens is 1. The van der Waals surface area contributed by atoms with Gasteiger partial charge in [0.25, 0.3) is 0 Å². The zero-order valence-electron chi connectivity index (χ0n) is 9.88. The number of aliphatic hydroxyl groups is 1. The van der Waals surface area contributed by atoms with Gasteiger partial charge in [-0.2, -0.15) is 0 Å². The molecule has 1 rings (SSSR count). The minimum Gasteiger partial charge on any atom is -0.497 e. The zero-order chi connectivity index (χ0) is 12.2. The maximum absolute atomic E-state index is 9.87. The van der Waals surface area contributed by atoms with Gasteiger partial charge in [0.05, 0.1) is 12.7 Å². The van der Waals surface area contributed by atoms with Crippen LogP contribution in [0.2, 0.25) is 0 Å². The van der Waals surface area contributed by atoms with Crippen molar-refractivity contribution in [1.29, 1.82) is 0 Å². The lowest BCUT2D eigenvalue weighted by Crippen LogP contribution is -2.32. The van der Waals surface area contributed by atoms with Gasteiger partial charge in [-0.1, -0.05) is 22.9 Å². The minimum absolute atomic E-state index is 0.517. The van der Waals surface area contributed by atoms with Crippen molar-refractivity contribution < 1.29 is 9.84 Å². The van der Waals surface area contributed by atoms with E-state index in [-0.39, 0.29) is 0 Å². The van der Waals surface area contributed by atoms with Gasteiger partial charge in [0.15, 0.2) is 0 Å². The summed E-state index contributed by atoms with van der Waals surface area (Å²) >= 11 is 3.41. The molecule has 0 aliphatic heterocycles. The van der Waals surface area contributed by atoms with Crippen molar-refractivity contribution in [2.45, 2.75) is 25.9 Å². The first-order valence-electron chi connectivity index (χ1n) is 5.27. The van der Waals surface area contributed by atoms with Crippen LogP contribution < -0.4 is 10.1 Å². The molecule has 4 heteroatoms. The van der Waals surface area contributed by atoms with Crippen molar-refractivity contribution in [2.75, 3.05) is 19.0 Å². The van der Waals surface area contributed by atoms with Gasteiger partial charge in [0.2, 0.25) is 0 Å². The van der Waals surface area contributed by atoms with Crippen LogP contribution in [0.15, 0.2) is 22.7 Å². The second kappa shape index (κ2) is 5.55. The van der Waals surface area contributed by atoms with Crippen LogP contribution in [-0.4, -0.2) is 24.4 Å². The Bertz CT molecular complexity index is 353. The summed E-state index contributed by atoms with van der Waals surface area (Å²) in [5, 5.41) is 13.1. The summed E-state index contributed by atoms with van der Waals surface area (Å²) < 4.78 is 6.11. The van der Waals surface area contributed by atoms with E-state index in [1.165, 1.54) is 0 Å². The monoisotopic (exact) mass is 287 g/mol. The van der Waals surface area contributed by atoms with Gasteiger partial charge >= 0.3 is 0 Å². The van der Waals surface area contributed by atoms with Gasteiger partial charge in [-0.25, -0.2) is 0 Å². The van der Waals surface area contributed by atoms with E-state index < -0.39 is 5.60 Å². The molecule has 0 aliphatic rings. The van der Waals surface area contributed by atoms with Crippen LogP contribution in [0.4, 0.5) is 5.69 Å². The topological polar surface area (TPSA) is 41.5 Å². The lowest BCUT2D eigenvalue weighted by atomic mass is 10.0. The molecule has 1 aromatic rings. The molecule has 1 atom stereocenters. The molecule has 0 aliphatic carbocycles. The molecule has 0 bridgehead atoms. The predicted molar refractivity (Wildman–Crippen MR) is 70.1 cm³/mol. The van der Waals surface area contributed by atoms with Gasteiger partial charge in [0.1, 0.15) is 5.75 Å². The Labute approximate surface area is 105 Å². The Hall–Kier alpha value is -0.740. The highest BCUT2D eigenvalue weighted by Crippen LogP contribution is 2.25. The molecular weight excluding hydrogens is 270 g/mol. The van der Waals surface area contributed by atoms with Crippen LogP contribution in [0.5, 0.6) is 5.75 Å². The Balaban J connectivity index is 2.70. The lowest BCUT2D eigenvalue weighted by Gasteiger charge is -2.22. The van der Waals surface area contributed by atoms with Gasteiger partial charge in [0, 0.05) is 22.8 Å². The van der Waals surface area contributed by atoms with Crippen LogP contribution in [0.1, 0.15) is 20.3 Å². The third-order valence-corrected chi connectivity index (χ3v) is 3.00. The fourth-order valence-corrected chi connectivity index (χ4v) is 1.67. The van der Waals surface area contributed by atoms with Crippen LogP contribution in [0, 0.1) is 0 Å². The number of methoxy groups -OCH3 is 1. The third-order valence-electron chi connectivity index (χ3n) is 2.54. The number of hydrogen-bond acceptors (Lipinski definition) is 3. The normalized spacial score (nSPS) is 14.3. The maximum atomic E-state index is 9.87. The van der Waals surface area contributed by atoms with Crippen molar-refractivity contribution >= 4 is 21.6 Å². The third kappa shape index (κ3) is 4.02. The molecule has 2 N–H and O–H groups in total. The lowest BCUT2D eigenvalue weighted by molar-refractivity contribution is 0.0697. The number of hydrogen-bond donors (Lipinski definition) is 2. The minimum atomic E-state index is -0.685. The summed E-state index contributed by atoms with van der Waals surface area (Å²) in [4.78, 5) is 0. The molecule has 0 spiro atoms. The number of nitrogens with one attached hydrogen (secondary N) is 1. The van der Waals surface area contributed by atoms with Gasteiger partial charge < -0.3 is 15.2 Å². The summed E-state index contributed by atoms with van der Waals surface area (Å²) in [5.74, 6) is 0.785. The van der Waals surface area contributed by atoms with Crippen LogP contribution >= 0.6 is 15.9 Å². The van der Waals surface area contributed by atoms with Crippen molar-refractivity contribution in [1.82, 2.24) is 0 Å². The van der Waals surface area contributed by atoms with Crippen LogP contribution in [0.25, 0.3) is 0 Å². The smallest absolute Gasteiger partial charge is 0.122 e. The second-order valence-corrected chi connectivity index (χ2v) is 5.00. The maximum Gasteiger partial charge on any atom is 0.122 e. The fourth-order valence-electron chi connectivity index (χ4n) is 1.20. The standard InChI is InChI=1S/C12H18BrNO2/c1-4-12(2,15)8-14-10-5-9(13)6-11(7-10)16-3/h5-7,14-15H,4,8H2,1-3H3. The summed E-state index contributed by atoms with van der Waals surface area (Å²) in [6.07, 6.45) is 0.713. The highest BCUT2D eigenvalue weighted by Gasteiger charge is 2.16. The average molecular weight is 288 g/mol. The first kappa shape index (κ1) is 13.3. The van der Waals surface area contributed by atoms with Crippen molar-refractivity contribution in [3.8, 4) is 5.75 Å². The van der Waals surface area contributed by atoms with E-state index in [0.29, 0.717) is 13.0 Å². The molecule has 0 aromatic heterocycles. The zero-order valence-corrected chi connectivity index (χ0v) is 11.5. The molecule has 1 aromatic carbocycles. The molecule has 0 saturated heterocycles. The first-order valence-corrected chi connectivity index (χ1v) is 6.07. The summed E-state index contributed by atoms with van der Waals surface area (Å²) in [6, 6.07) is 5.74. The van der Waals surface area contributed by atoms with E-state index in [1.54, 1.807) is 7.11 Å². The van der Waals surface area contributed by atoms with E-state index in [2.05, 4.69) is 21.2 Å². The Morgan fingerprint density at radius 2 is 2.12 bits per heavy atom. The van der Waals surface area contributed by atoms with Gasteiger partial charge in [-0.05, 0) is 25.5 Å². The SMILES string of the molecule is CCC(C)(O)CNc1cc(Br)cc(OC)c1. The largest absolute Gasteiger partial charge is 0.497 e. The Kier molecular flexibility index (Phi) is 4.62. The highest BCUT2D eigenvalue weighted by molar-refractivity contribution is 9.10. The quantitative estimate of drug-likeness (QED) is 0.875. The molecule has 0 saturated carbocycles. The van der Waals surface area contributed by atoms with Crippen molar-refractivity contribution in [3.05, 3.63) is 22.7 Å². The number of benzene rings is 1. The van der Waals surface area contributed by atoms with Crippen LogP contribution in [-0.2, 0) is 0 Å². The second-order valence-electron chi connectivity index (χ2n) is 4.08. The molecule has 16 heavy (non-hydrogen) atoms. The fraction of sp³-hybridized carbons (Fsp3) is 0.500. The highest BCUT2D eigenvalue weighted by atomic mass is 79.9. The van der Waals surface area contributed by atoms with E-state index in [1.807, 2.05) is 32.0 Å². The molecule has 3 nitrogen and oxygen atoms in total. The molecule has 0 fully saturated rings. The Morgan fingerprint density at radius 3 is 2.69 bits per heavy atom. The predicted octanol–water partition coefficient (Wildman–Crippen LogP) is 3.03. The van der Waals surface area contributed by atoms with E-state index in [9.17, 15) is 5.11 Å². The van der Waals surface area contributed by atoms with E-state index >= 15 is 0 Å². The molecule has 1 unspecified atom stereocenters. The molecule has 0 heterocycles. The number of anilines is 1. The summed E-state index contributed by atoms with van der Waals surface area (Å²) in [6.45, 7) is 4.29. The summed E-state index contributed by atoms with van der Waals surface area (Å²) in [7, 11) is 1.63. The number of rotatable bonds is 5. The molecule has 0 amide bonds. The first-order chi connectivity index (χ1) is 7.46. The summed E-state index contributed by atoms with van der Waals surface area (Å²) in [5.41, 5.74) is 0.246. The van der Waals surface area contributed by atoms with E-state index in [4.69, 9.17) is 4.74 Å². The van der Waals surface area contributed by atoms with Crippen LogP contribution in [0.3, 0.4) is 0 Å². The number of ether oxygens (including phenoxy) is 1. The van der Waals surface area contributed by atoms with E-state index in [0.717, 1.165) is 15.9 Å². The Morgan fingerprint density at radius 1 is 1.44 bits per heavy atom. The molecule has 90 valence electrons. The van der Waals surface area contributed by atoms with Gasteiger partial charge in [-0.3, -0.25) is 0 Å². The van der Waals surface area contributed by atoms with Crippen molar-refractivity contribution in [3.63, 3.8) is 0 Å².